The molecule has 0 spiro atoms. The summed E-state index contributed by atoms with van der Waals surface area (Å²) in [5.41, 5.74) is 0.641. The van der Waals surface area contributed by atoms with Crippen LogP contribution in [-0.4, -0.2) is 32.2 Å². The fraction of sp³-hybridized carbons (Fsp3) is 0.500. The maximum Gasteiger partial charge on any atom is 0.387 e. The third kappa shape index (κ3) is 7.04. The first-order valence-electron chi connectivity index (χ1n) is 6.63. The van der Waals surface area contributed by atoms with Gasteiger partial charge in [-0.2, -0.15) is 8.78 Å². The van der Waals surface area contributed by atoms with Crippen LogP contribution >= 0.6 is 0 Å². The average molecular weight is 286 g/mol. The molecule has 0 radical (unpaired) electrons. The number of benzene rings is 1. The first-order valence-corrected chi connectivity index (χ1v) is 6.63. The smallest absolute Gasteiger partial charge is 0.387 e. The SMILES string of the molecule is CCCNCCNC(=O)Cc1cccc(OC(F)F)c1. The quantitative estimate of drug-likeness (QED) is 0.682. The van der Waals surface area contributed by atoms with Gasteiger partial charge in [-0.05, 0) is 30.7 Å². The van der Waals surface area contributed by atoms with E-state index in [1.165, 1.54) is 12.1 Å². The molecule has 1 aromatic rings. The zero-order valence-electron chi connectivity index (χ0n) is 11.5. The number of hydrogen-bond donors (Lipinski definition) is 2. The molecule has 1 rings (SSSR count). The molecule has 2 N–H and O–H groups in total. The van der Waals surface area contributed by atoms with Gasteiger partial charge < -0.3 is 15.4 Å². The van der Waals surface area contributed by atoms with Crippen molar-refractivity contribution in [3.63, 3.8) is 0 Å². The molecule has 0 atom stereocenters. The lowest BCUT2D eigenvalue weighted by Crippen LogP contribution is -2.32. The maximum atomic E-state index is 12.1. The van der Waals surface area contributed by atoms with E-state index in [1.807, 2.05) is 0 Å². The topological polar surface area (TPSA) is 50.4 Å². The molecule has 0 saturated heterocycles. The predicted molar refractivity (Wildman–Crippen MR) is 72.9 cm³/mol. The Labute approximate surface area is 117 Å². The van der Waals surface area contributed by atoms with Gasteiger partial charge in [-0.15, -0.1) is 0 Å². The van der Waals surface area contributed by atoms with Crippen LogP contribution < -0.4 is 15.4 Å². The molecule has 0 saturated carbocycles. The minimum Gasteiger partial charge on any atom is -0.435 e. The van der Waals surface area contributed by atoms with Crippen molar-refractivity contribution in [2.75, 3.05) is 19.6 Å². The van der Waals surface area contributed by atoms with Crippen molar-refractivity contribution in [1.29, 1.82) is 0 Å². The maximum absolute atomic E-state index is 12.1. The summed E-state index contributed by atoms with van der Waals surface area (Å²) >= 11 is 0. The molecular weight excluding hydrogens is 266 g/mol. The molecule has 0 fully saturated rings. The second kappa shape index (κ2) is 9.25. The number of hydrogen-bond acceptors (Lipinski definition) is 3. The molecule has 0 aliphatic rings. The van der Waals surface area contributed by atoms with Crippen LogP contribution in [0.1, 0.15) is 18.9 Å². The summed E-state index contributed by atoms with van der Waals surface area (Å²) in [6, 6.07) is 6.17. The van der Waals surface area contributed by atoms with Crippen molar-refractivity contribution >= 4 is 5.91 Å². The Balaban J connectivity index is 2.34. The van der Waals surface area contributed by atoms with Crippen molar-refractivity contribution in [2.45, 2.75) is 26.4 Å². The van der Waals surface area contributed by atoms with Crippen molar-refractivity contribution in [2.24, 2.45) is 0 Å². The summed E-state index contributed by atoms with van der Waals surface area (Å²) in [4.78, 5) is 11.7. The summed E-state index contributed by atoms with van der Waals surface area (Å²) in [5, 5.41) is 5.93. The van der Waals surface area contributed by atoms with E-state index in [2.05, 4.69) is 22.3 Å². The summed E-state index contributed by atoms with van der Waals surface area (Å²) in [5.74, 6) is -0.0765. The van der Waals surface area contributed by atoms with Gasteiger partial charge in [-0.1, -0.05) is 19.1 Å². The predicted octanol–water partition coefficient (Wildman–Crippen LogP) is 1.95. The number of halogens is 2. The van der Waals surface area contributed by atoms with E-state index in [-0.39, 0.29) is 18.1 Å². The van der Waals surface area contributed by atoms with E-state index >= 15 is 0 Å². The Morgan fingerprint density at radius 2 is 2.10 bits per heavy atom. The molecule has 20 heavy (non-hydrogen) atoms. The monoisotopic (exact) mass is 286 g/mol. The van der Waals surface area contributed by atoms with Crippen molar-refractivity contribution < 1.29 is 18.3 Å². The van der Waals surface area contributed by atoms with Gasteiger partial charge in [0.05, 0.1) is 6.42 Å². The third-order valence-electron chi connectivity index (χ3n) is 2.54. The summed E-state index contributed by atoms with van der Waals surface area (Å²) in [6.07, 6.45) is 1.19. The van der Waals surface area contributed by atoms with Gasteiger partial charge in [-0.3, -0.25) is 4.79 Å². The zero-order chi connectivity index (χ0) is 14.8. The van der Waals surface area contributed by atoms with Gasteiger partial charge >= 0.3 is 6.61 Å². The molecule has 6 heteroatoms. The number of carbonyl (C=O) groups is 1. The number of nitrogens with one attached hydrogen (secondary N) is 2. The first kappa shape index (κ1) is 16.4. The van der Waals surface area contributed by atoms with E-state index < -0.39 is 6.61 Å². The molecule has 0 bridgehead atoms. The lowest BCUT2D eigenvalue weighted by molar-refractivity contribution is -0.120. The molecule has 0 heterocycles. The highest BCUT2D eigenvalue weighted by atomic mass is 19.3. The van der Waals surface area contributed by atoms with E-state index in [1.54, 1.807) is 12.1 Å². The van der Waals surface area contributed by atoms with Crippen molar-refractivity contribution in [1.82, 2.24) is 10.6 Å². The molecule has 4 nitrogen and oxygen atoms in total. The Morgan fingerprint density at radius 3 is 2.80 bits per heavy atom. The Morgan fingerprint density at radius 1 is 1.30 bits per heavy atom. The molecule has 0 aliphatic carbocycles. The van der Waals surface area contributed by atoms with E-state index in [9.17, 15) is 13.6 Å². The molecule has 112 valence electrons. The lowest BCUT2D eigenvalue weighted by Gasteiger charge is -2.08. The van der Waals surface area contributed by atoms with E-state index in [0.717, 1.165) is 13.0 Å². The van der Waals surface area contributed by atoms with Gasteiger partial charge in [0.15, 0.2) is 0 Å². The fourth-order valence-corrected chi connectivity index (χ4v) is 1.67. The van der Waals surface area contributed by atoms with Crippen LogP contribution in [-0.2, 0) is 11.2 Å². The zero-order valence-corrected chi connectivity index (χ0v) is 11.5. The number of ether oxygens (including phenoxy) is 1. The molecule has 0 unspecified atom stereocenters. The van der Waals surface area contributed by atoms with Crippen LogP contribution in [0.3, 0.4) is 0 Å². The van der Waals surface area contributed by atoms with Gasteiger partial charge in [0.1, 0.15) is 5.75 Å². The highest BCUT2D eigenvalue weighted by Gasteiger charge is 2.07. The average Bonchev–Trinajstić information content (AvgIpc) is 2.38. The van der Waals surface area contributed by atoms with Gasteiger partial charge in [0, 0.05) is 13.1 Å². The lowest BCUT2D eigenvalue weighted by atomic mass is 10.1. The van der Waals surface area contributed by atoms with Gasteiger partial charge in [0.2, 0.25) is 5.91 Å². The second-order valence-corrected chi connectivity index (χ2v) is 4.30. The standard InChI is InChI=1S/C14H20F2N2O2/c1-2-6-17-7-8-18-13(19)10-11-4-3-5-12(9-11)20-14(15)16/h3-5,9,14,17H,2,6-8,10H2,1H3,(H,18,19). The minimum absolute atomic E-state index is 0.0647. The van der Waals surface area contributed by atoms with Gasteiger partial charge in [-0.25, -0.2) is 0 Å². The Hall–Kier alpha value is -1.69. The van der Waals surface area contributed by atoms with Crippen LogP contribution in [0.4, 0.5) is 8.78 Å². The van der Waals surface area contributed by atoms with Crippen molar-refractivity contribution in [3.8, 4) is 5.75 Å². The van der Waals surface area contributed by atoms with Crippen LogP contribution in [0.5, 0.6) is 5.75 Å². The minimum atomic E-state index is -2.86. The Bertz CT molecular complexity index is 414. The number of alkyl halides is 2. The summed E-state index contributed by atoms with van der Waals surface area (Å²) in [7, 11) is 0. The number of amides is 1. The van der Waals surface area contributed by atoms with Crippen LogP contribution in [0.15, 0.2) is 24.3 Å². The second-order valence-electron chi connectivity index (χ2n) is 4.30. The normalized spacial score (nSPS) is 10.6. The fourth-order valence-electron chi connectivity index (χ4n) is 1.67. The van der Waals surface area contributed by atoms with Crippen LogP contribution in [0, 0.1) is 0 Å². The molecular formula is C14H20F2N2O2. The Kier molecular flexibility index (Phi) is 7.57. The molecule has 0 aromatic heterocycles. The molecule has 1 amide bonds. The van der Waals surface area contributed by atoms with Gasteiger partial charge in [0.25, 0.3) is 0 Å². The summed E-state index contributed by atoms with van der Waals surface area (Å²) in [6.45, 7) is 1.40. The van der Waals surface area contributed by atoms with Crippen LogP contribution in [0.25, 0.3) is 0 Å². The van der Waals surface area contributed by atoms with Crippen molar-refractivity contribution in [3.05, 3.63) is 29.8 Å². The number of carbonyl (C=O) groups excluding carboxylic acids is 1. The van der Waals surface area contributed by atoms with E-state index in [0.29, 0.717) is 18.7 Å². The highest BCUT2D eigenvalue weighted by molar-refractivity contribution is 5.78. The summed E-state index contributed by atoms with van der Waals surface area (Å²) < 4.78 is 28.4. The van der Waals surface area contributed by atoms with Crippen LogP contribution in [0.2, 0.25) is 0 Å². The third-order valence-corrected chi connectivity index (χ3v) is 2.54. The number of rotatable bonds is 9. The molecule has 1 aromatic carbocycles. The largest absolute Gasteiger partial charge is 0.435 e. The highest BCUT2D eigenvalue weighted by Crippen LogP contribution is 2.16. The van der Waals surface area contributed by atoms with E-state index in [4.69, 9.17) is 0 Å². The molecule has 0 aliphatic heterocycles. The first-order chi connectivity index (χ1) is 9.61.